The first-order valence-corrected chi connectivity index (χ1v) is 10.0. The molecule has 0 amide bonds. The fourth-order valence-electron chi connectivity index (χ4n) is 2.49. The van der Waals surface area contributed by atoms with Crippen molar-refractivity contribution in [3.8, 4) is 5.88 Å². The Bertz CT molecular complexity index is 884. The Kier molecular flexibility index (Phi) is 8.00. The molecule has 7 heteroatoms. The van der Waals surface area contributed by atoms with E-state index < -0.39 is 12.1 Å². The molecule has 0 aliphatic rings. The highest BCUT2D eigenvalue weighted by Crippen LogP contribution is 2.34. The minimum absolute atomic E-state index is 0.292. The van der Waals surface area contributed by atoms with Gasteiger partial charge in [-0.25, -0.2) is 9.78 Å². The summed E-state index contributed by atoms with van der Waals surface area (Å²) in [6, 6.07) is 9.66. The highest BCUT2D eigenvalue weighted by Gasteiger charge is 2.25. The fourth-order valence-corrected chi connectivity index (χ4v) is 3.38. The van der Waals surface area contributed by atoms with Crippen LogP contribution >= 0.6 is 23.1 Å². The zero-order chi connectivity index (χ0) is 19.8. The number of aryl methyl sites for hydroxylation is 1. The SMILES string of the molecule is CC.CCOC(=O)C(Cc1ccccc1)Oc1nsc2cnc(Cl)c(C)c12. The maximum absolute atomic E-state index is 12.4. The molecule has 144 valence electrons. The van der Waals surface area contributed by atoms with Gasteiger partial charge in [-0.15, -0.1) is 0 Å². The number of hydrogen-bond donors (Lipinski definition) is 0. The van der Waals surface area contributed by atoms with E-state index in [9.17, 15) is 4.79 Å². The highest BCUT2D eigenvalue weighted by molar-refractivity contribution is 7.13. The average Bonchev–Trinajstić information content (AvgIpc) is 3.10. The van der Waals surface area contributed by atoms with E-state index in [1.165, 1.54) is 11.5 Å². The summed E-state index contributed by atoms with van der Waals surface area (Å²) < 4.78 is 16.3. The highest BCUT2D eigenvalue weighted by atomic mass is 35.5. The average molecular weight is 407 g/mol. The Labute approximate surface area is 168 Å². The van der Waals surface area contributed by atoms with Gasteiger partial charge in [0, 0.05) is 18.2 Å². The molecule has 0 fully saturated rings. The number of aromatic nitrogens is 2. The monoisotopic (exact) mass is 406 g/mol. The Morgan fingerprint density at radius 3 is 2.63 bits per heavy atom. The molecule has 2 heterocycles. The third-order valence-electron chi connectivity index (χ3n) is 3.73. The summed E-state index contributed by atoms with van der Waals surface area (Å²) in [6.07, 6.45) is 1.28. The molecule has 1 unspecified atom stereocenters. The van der Waals surface area contributed by atoms with E-state index in [4.69, 9.17) is 21.1 Å². The summed E-state index contributed by atoms with van der Waals surface area (Å²) in [5.41, 5.74) is 1.77. The zero-order valence-corrected chi connectivity index (χ0v) is 17.4. The van der Waals surface area contributed by atoms with Crippen molar-refractivity contribution in [2.75, 3.05) is 6.61 Å². The van der Waals surface area contributed by atoms with E-state index in [0.717, 1.165) is 21.2 Å². The van der Waals surface area contributed by atoms with Crippen molar-refractivity contribution in [1.82, 2.24) is 9.36 Å². The van der Waals surface area contributed by atoms with Gasteiger partial charge in [0.05, 0.1) is 16.7 Å². The quantitative estimate of drug-likeness (QED) is 0.414. The van der Waals surface area contributed by atoms with E-state index in [2.05, 4.69) is 9.36 Å². The van der Waals surface area contributed by atoms with E-state index in [1.807, 2.05) is 51.1 Å². The predicted octanol–water partition coefficient (Wildman–Crippen LogP) is 5.23. The van der Waals surface area contributed by atoms with Crippen molar-refractivity contribution < 1.29 is 14.3 Å². The van der Waals surface area contributed by atoms with Gasteiger partial charge in [0.25, 0.3) is 0 Å². The second-order valence-electron chi connectivity index (χ2n) is 5.45. The molecule has 2 aromatic heterocycles. The molecule has 0 aliphatic heterocycles. The van der Waals surface area contributed by atoms with Gasteiger partial charge in [-0.2, -0.15) is 4.37 Å². The molecule has 1 aromatic carbocycles. The lowest BCUT2D eigenvalue weighted by Crippen LogP contribution is -2.31. The van der Waals surface area contributed by atoms with Crippen LogP contribution in [0, 0.1) is 6.92 Å². The Hall–Kier alpha value is -2.18. The van der Waals surface area contributed by atoms with Crippen LogP contribution in [0.5, 0.6) is 5.88 Å². The van der Waals surface area contributed by atoms with Gasteiger partial charge in [0.2, 0.25) is 12.0 Å². The van der Waals surface area contributed by atoms with Crippen molar-refractivity contribution in [1.29, 1.82) is 0 Å². The Balaban J connectivity index is 0.00000126. The normalized spacial score (nSPS) is 11.4. The molecule has 0 radical (unpaired) electrons. The van der Waals surface area contributed by atoms with Crippen molar-refractivity contribution in [2.24, 2.45) is 0 Å². The number of hydrogen-bond acceptors (Lipinski definition) is 6. The molecule has 0 saturated heterocycles. The number of ether oxygens (including phenoxy) is 2. The molecule has 3 rings (SSSR count). The fraction of sp³-hybridized carbons (Fsp3) is 0.350. The minimum Gasteiger partial charge on any atom is -0.463 e. The number of benzene rings is 1. The van der Waals surface area contributed by atoms with Crippen LogP contribution in [0.2, 0.25) is 5.15 Å². The molecule has 0 N–H and O–H groups in total. The largest absolute Gasteiger partial charge is 0.463 e. The van der Waals surface area contributed by atoms with Gasteiger partial charge >= 0.3 is 5.97 Å². The van der Waals surface area contributed by atoms with Gasteiger partial charge in [-0.05, 0) is 30.9 Å². The minimum atomic E-state index is -0.779. The van der Waals surface area contributed by atoms with Crippen molar-refractivity contribution >= 4 is 39.2 Å². The van der Waals surface area contributed by atoms with Crippen LogP contribution in [0.1, 0.15) is 31.9 Å². The molecular weight excluding hydrogens is 384 g/mol. The van der Waals surface area contributed by atoms with Gasteiger partial charge in [0.1, 0.15) is 5.15 Å². The Morgan fingerprint density at radius 2 is 1.96 bits per heavy atom. The molecule has 0 spiro atoms. The van der Waals surface area contributed by atoms with Crippen molar-refractivity contribution in [2.45, 2.75) is 40.2 Å². The maximum atomic E-state index is 12.4. The topological polar surface area (TPSA) is 61.3 Å². The molecule has 0 bridgehead atoms. The van der Waals surface area contributed by atoms with Crippen LogP contribution < -0.4 is 4.74 Å². The zero-order valence-electron chi connectivity index (χ0n) is 15.9. The van der Waals surface area contributed by atoms with Gasteiger partial charge in [0.15, 0.2) is 0 Å². The summed E-state index contributed by atoms with van der Waals surface area (Å²) in [5.74, 6) is -0.0268. The van der Waals surface area contributed by atoms with Gasteiger partial charge in [-0.3, -0.25) is 0 Å². The maximum Gasteiger partial charge on any atom is 0.347 e. The number of nitrogens with zero attached hydrogens (tertiary/aromatic N) is 2. The third kappa shape index (κ3) is 5.17. The number of carbonyl (C=O) groups is 1. The summed E-state index contributed by atoms with van der Waals surface area (Å²) in [4.78, 5) is 16.5. The molecule has 5 nitrogen and oxygen atoms in total. The van der Waals surface area contributed by atoms with E-state index >= 15 is 0 Å². The summed E-state index contributed by atoms with van der Waals surface area (Å²) >= 11 is 7.38. The number of halogens is 1. The van der Waals surface area contributed by atoms with E-state index in [1.54, 1.807) is 13.1 Å². The van der Waals surface area contributed by atoms with Crippen LogP contribution in [-0.2, 0) is 16.0 Å². The number of rotatable bonds is 6. The smallest absolute Gasteiger partial charge is 0.347 e. The van der Waals surface area contributed by atoms with Crippen LogP contribution in [0.25, 0.3) is 10.1 Å². The molecule has 1 atom stereocenters. The van der Waals surface area contributed by atoms with E-state index in [-0.39, 0.29) is 0 Å². The lowest BCUT2D eigenvalue weighted by molar-refractivity contribution is -0.151. The lowest BCUT2D eigenvalue weighted by Gasteiger charge is -2.17. The standard InChI is InChI=1S/C18H17ClN2O3S.C2H6/c1-3-23-18(22)13(9-12-7-5-4-6-8-12)24-17-15-11(2)16(19)20-10-14(15)25-21-17;1-2/h4-8,10,13H,3,9H2,1-2H3;1-2H3. The van der Waals surface area contributed by atoms with Crippen LogP contribution in [0.4, 0.5) is 0 Å². The first-order chi connectivity index (χ1) is 13.1. The summed E-state index contributed by atoms with van der Waals surface area (Å²) in [6.45, 7) is 7.92. The molecule has 0 saturated carbocycles. The van der Waals surface area contributed by atoms with Crippen LogP contribution in [-0.4, -0.2) is 28.0 Å². The number of carbonyl (C=O) groups excluding carboxylic acids is 1. The summed E-state index contributed by atoms with van der Waals surface area (Å²) in [5, 5.41) is 1.18. The molecule has 0 aliphatic carbocycles. The van der Waals surface area contributed by atoms with E-state index in [0.29, 0.717) is 24.1 Å². The first-order valence-electron chi connectivity index (χ1n) is 8.87. The predicted molar refractivity (Wildman–Crippen MR) is 110 cm³/mol. The van der Waals surface area contributed by atoms with Gasteiger partial charge < -0.3 is 9.47 Å². The van der Waals surface area contributed by atoms with Crippen LogP contribution in [0.15, 0.2) is 36.5 Å². The van der Waals surface area contributed by atoms with Crippen molar-refractivity contribution in [3.05, 3.63) is 52.8 Å². The third-order valence-corrected chi connectivity index (χ3v) is 4.88. The molecule has 27 heavy (non-hydrogen) atoms. The number of pyridine rings is 1. The lowest BCUT2D eigenvalue weighted by atomic mass is 10.1. The molecular formula is C20H23ClN2O3S. The summed E-state index contributed by atoms with van der Waals surface area (Å²) in [7, 11) is 0. The van der Waals surface area contributed by atoms with Gasteiger partial charge in [-0.1, -0.05) is 55.8 Å². The Morgan fingerprint density at radius 1 is 1.26 bits per heavy atom. The second-order valence-corrected chi connectivity index (χ2v) is 6.61. The number of esters is 1. The van der Waals surface area contributed by atoms with Crippen LogP contribution in [0.3, 0.4) is 0 Å². The molecule has 3 aromatic rings. The van der Waals surface area contributed by atoms with Crippen molar-refractivity contribution in [3.63, 3.8) is 0 Å². The number of fused-ring (bicyclic) bond motifs is 1. The first kappa shape index (κ1) is 21.1. The second kappa shape index (κ2) is 10.2.